The smallest absolute Gasteiger partial charge is 0.410 e. The fourth-order valence-electron chi connectivity index (χ4n) is 1.90. The topological polar surface area (TPSA) is 76.1 Å². The number of aliphatic hydroxyl groups excluding tert-OH is 1. The van der Waals surface area contributed by atoms with Crippen molar-refractivity contribution >= 4 is 12.1 Å². The second-order valence-electron chi connectivity index (χ2n) is 4.56. The lowest BCUT2D eigenvalue weighted by Crippen LogP contribution is -2.34. The minimum absolute atomic E-state index is 0.0826. The summed E-state index contributed by atoms with van der Waals surface area (Å²) in [4.78, 5) is 24.1. The molecule has 1 aromatic carbocycles. The predicted molar refractivity (Wildman–Crippen MR) is 69.8 cm³/mol. The van der Waals surface area contributed by atoms with Crippen molar-refractivity contribution in [3.8, 4) is 0 Å². The van der Waals surface area contributed by atoms with Crippen LogP contribution < -0.4 is 0 Å². The van der Waals surface area contributed by atoms with E-state index in [9.17, 15) is 14.7 Å². The van der Waals surface area contributed by atoms with Gasteiger partial charge in [-0.05, 0) is 5.56 Å². The van der Waals surface area contributed by atoms with Gasteiger partial charge in [0.1, 0.15) is 13.2 Å². The number of amides is 1. The number of cyclic esters (lactones) is 1. The summed E-state index contributed by atoms with van der Waals surface area (Å²) in [7, 11) is 0. The Morgan fingerprint density at radius 1 is 1.40 bits per heavy atom. The molecule has 1 atom stereocenters. The summed E-state index contributed by atoms with van der Waals surface area (Å²) in [5.41, 5.74) is 0.887. The molecule has 0 aromatic heterocycles. The highest BCUT2D eigenvalue weighted by Gasteiger charge is 2.25. The Kier molecular flexibility index (Phi) is 4.95. The highest BCUT2D eigenvalue weighted by molar-refractivity contribution is 5.71. The van der Waals surface area contributed by atoms with Crippen LogP contribution in [0.15, 0.2) is 30.3 Å². The van der Waals surface area contributed by atoms with Gasteiger partial charge in [0.05, 0.1) is 25.6 Å². The van der Waals surface area contributed by atoms with Gasteiger partial charge < -0.3 is 19.5 Å². The molecular weight excluding hydrogens is 262 g/mol. The van der Waals surface area contributed by atoms with Gasteiger partial charge in [-0.25, -0.2) is 4.79 Å². The molecule has 0 spiro atoms. The summed E-state index contributed by atoms with van der Waals surface area (Å²) in [5.74, 6) is -0.492. The summed E-state index contributed by atoms with van der Waals surface area (Å²) < 4.78 is 9.79. The Labute approximate surface area is 116 Å². The molecule has 6 nitrogen and oxygen atoms in total. The molecule has 1 aromatic rings. The first-order valence-electron chi connectivity index (χ1n) is 6.44. The Morgan fingerprint density at radius 3 is 2.80 bits per heavy atom. The number of rotatable bonds is 6. The zero-order chi connectivity index (χ0) is 14.4. The van der Waals surface area contributed by atoms with Crippen LogP contribution in [0.25, 0.3) is 0 Å². The fourth-order valence-corrected chi connectivity index (χ4v) is 1.90. The monoisotopic (exact) mass is 279 g/mol. The number of nitrogens with zero attached hydrogens (tertiary/aromatic N) is 1. The van der Waals surface area contributed by atoms with Crippen LogP contribution in [0, 0.1) is 0 Å². The van der Waals surface area contributed by atoms with Crippen molar-refractivity contribution in [1.29, 1.82) is 0 Å². The van der Waals surface area contributed by atoms with E-state index in [-0.39, 0.29) is 19.6 Å². The van der Waals surface area contributed by atoms with E-state index >= 15 is 0 Å². The third-order valence-corrected chi connectivity index (χ3v) is 2.92. The SMILES string of the molecule is O=C(C[C@@H](O)CN1CCOC1=O)OCc1ccccc1. The largest absolute Gasteiger partial charge is 0.461 e. The van der Waals surface area contributed by atoms with Gasteiger partial charge >= 0.3 is 12.1 Å². The molecule has 6 heteroatoms. The van der Waals surface area contributed by atoms with E-state index in [4.69, 9.17) is 9.47 Å². The summed E-state index contributed by atoms with van der Waals surface area (Å²) in [5, 5.41) is 9.74. The summed E-state index contributed by atoms with van der Waals surface area (Å²) in [6.07, 6.45) is -1.54. The molecule has 108 valence electrons. The van der Waals surface area contributed by atoms with E-state index in [1.807, 2.05) is 30.3 Å². The predicted octanol–water partition coefficient (Wildman–Crippen LogP) is 0.933. The molecule has 0 bridgehead atoms. The van der Waals surface area contributed by atoms with Gasteiger partial charge in [-0.3, -0.25) is 4.79 Å². The first-order valence-corrected chi connectivity index (χ1v) is 6.44. The quantitative estimate of drug-likeness (QED) is 0.784. The van der Waals surface area contributed by atoms with E-state index in [0.29, 0.717) is 13.2 Å². The van der Waals surface area contributed by atoms with E-state index < -0.39 is 18.2 Å². The number of carbonyl (C=O) groups is 2. The van der Waals surface area contributed by atoms with Gasteiger partial charge in [-0.1, -0.05) is 30.3 Å². The molecule has 1 heterocycles. The van der Waals surface area contributed by atoms with Gasteiger partial charge in [0.2, 0.25) is 0 Å². The van der Waals surface area contributed by atoms with Crippen LogP contribution in [0.4, 0.5) is 4.79 Å². The molecule has 0 radical (unpaired) electrons. The van der Waals surface area contributed by atoms with Crippen molar-refractivity contribution in [1.82, 2.24) is 4.90 Å². The number of aliphatic hydroxyl groups is 1. The van der Waals surface area contributed by atoms with Crippen molar-refractivity contribution in [3.63, 3.8) is 0 Å². The Bertz CT molecular complexity index is 462. The van der Waals surface area contributed by atoms with Gasteiger partial charge in [0.15, 0.2) is 0 Å². The van der Waals surface area contributed by atoms with Crippen molar-refractivity contribution < 1.29 is 24.2 Å². The number of benzene rings is 1. The number of hydrogen-bond acceptors (Lipinski definition) is 5. The van der Waals surface area contributed by atoms with Crippen molar-refractivity contribution in [3.05, 3.63) is 35.9 Å². The van der Waals surface area contributed by atoms with Crippen LogP contribution in [0.3, 0.4) is 0 Å². The molecule has 1 N–H and O–H groups in total. The molecule has 0 aliphatic carbocycles. The van der Waals surface area contributed by atoms with Gasteiger partial charge in [-0.2, -0.15) is 0 Å². The highest BCUT2D eigenvalue weighted by atomic mass is 16.6. The second-order valence-corrected chi connectivity index (χ2v) is 4.56. The molecule has 0 saturated carbocycles. The number of hydrogen-bond donors (Lipinski definition) is 1. The molecule has 1 fully saturated rings. The van der Waals surface area contributed by atoms with E-state index in [1.54, 1.807) is 0 Å². The molecule has 2 rings (SSSR count). The number of esters is 1. The molecule has 1 amide bonds. The average molecular weight is 279 g/mol. The van der Waals surface area contributed by atoms with Gasteiger partial charge in [-0.15, -0.1) is 0 Å². The summed E-state index contributed by atoms with van der Waals surface area (Å²) in [6, 6.07) is 9.30. The number of carbonyl (C=O) groups excluding carboxylic acids is 2. The Balaban J connectivity index is 1.69. The summed E-state index contributed by atoms with van der Waals surface area (Å²) >= 11 is 0. The lowest BCUT2D eigenvalue weighted by molar-refractivity contribution is -0.147. The number of ether oxygens (including phenoxy) is 2. The lowest BCUT2D eigenvalue weighted by Gasteiger charge is -2.16. The first kappa shape index (κ1) is 14.3. The summed E-state index contributed by atoms with van der Waals surface area (Å²) in [6.45, 7) is 1.02. The van der Waals surface area contributed by atoms with Crippen LogP contribution in [0.1, 0.15) is 12.0 Å². The fraction of sp³-hybridized carbons (Fsp3) is 0.429. The minimum Gasteiger partial charge on any atom is -0.461 e. The maximum absolute atomic E-state index is 11.6. The molecule has 20 heavy (non-hydrogen) atoms. The average Bonchev–Trinajstić information content (AvgIpc) is 2.83. The molecule has 0 unspecified atom stereocenters. The van der Waals surface area contributed by atoms with Crippen molar-refractivity contribution in [2.24, 2.45) is 0 Å². The van der Waals surface area contributed by atoms with Gasteiger partial charge in [0, 0.05) is 0 Å². The standard InChI is InChI=1S/C14H17NO5/c16-12(9-15-6-7-19-14(15)18)8-13(17)20-10-11-4-2-1-3-5-11/h1-5,12,16H,6-10H2/t12-/m1/s1. The Morgan fingerprint density at radius 2 is 2.15 bits per heavy atom. The van der Waals surface area contributed by atoms with Crippen LogP contribution >= 0.6 is 0 Å². The highest BCUT2D eigenvalue weighted by Crippen LogP contribution is 2.07. The normalized spacial score (nSPS) is 15.8. The third-order valence-electron chi connectivity index (χ3n) is 2.92. The minimum atomic E-state index is -0.941. The zero-order valence-corrected chi connectivity index (χ0v) is 11.0. The van der Waals surface area contributed by atoms with Crippen LogP contribution in [-0.4, -0.2) is 47.9 Å². The third kappa shape index (κ3) is 4.24. The van der Waals surface area contributed by atoms with Crippen LogP contribution in [0.5, 0.6) is 0 Å². The number of β-amino-alcohol motifs (C(OH)–C–C–N with tert-alkyl or cyclic N) is 1. The maximum atomic E-state index is 11.6. The van der Waals surface area contributed by atoms with E-state index in [2.05, 4.69) is 0 Å². The van der Waals surface area contributed by atoms with Crippen LogP contribution in [0.2, 0.25) is 0 Å². The maximum Gasteiger partial charge on any atom is 0.410 e. The molecule has 1 aliphatic heterocycles. The molecule has 1 aliphatic rings. The molecule has 1 saturated heterocycles. The lowest BCUT2D eigenvalue weighted by atomic mass is 10.2. The zero-order valence-electron chi connectivity index (χ0n) is 11.0. The van der Waals surface area contributed by atoms with Crippen molar-refractivity contribution in [2.45, 2.75) is 19.1 Å². The van der Waals surface area contributed by atoms with E-state index in [0.717, 1.165) is 5.56 Å². The second kappa shape index (κ2) is 6.91. The Hall–Kier alpha value is -2.08. The molecular formula is C14H17NO5. The van der Waals surface area contributed by atoms with Crippen molar-refractivity contribution in [2.75, 3.05) is 19.7 Å². The first-order chi connectivity index (χ1) is 9.65. The van der Waals surface area contributed by atoms with Crippen LogP contribution in [-0.2, 0) is 20.9 Å². The van der Waals surface area contributed by atoms with Gasteiger partial charge in [0.25, 0.3) is 0 Å². The van der Waals surface area contributed by atoms with E-state index in [1.165, 1.54) is 4.90 Å².